The first kappa shape index (κ1) is 15.9. The summed E-state index contributed by atoms with van der Waals surface area (Å²) in [6.07, 6.45) is 1.20. The van der Waals surface area contributed by atoms with Crippen LogP contribution in [0.15, 0.2) is 0 Å². The molecule has 0 unspecified atom stereocenters. The maximum absolute atomic E-state index is 11.4. The van der Waals surface area contributed by atoms with Crippen LogP contribution in [0.1, 0.15) is 33.6 Å². The van der Waals surface area contributed by atoms with Crippen molar-refractivity contribution >= 4 is 17.8 Å². The molecule has 20 heavy (non-hydrogen) atoms. The molecular weight excluding hydrogens is 260 g/mol. The Hall–Kier alpha value is -2.12. The lowest BCUT2D eigenvalue weighted by molar-refractivity contribution is -0.120. The summed E-state index contributed by atoms with van der Waals surface area (Å²) in [4.78, 5) is 23.3. The van der Waals surface area contributed by atoms with Gasteiger partial charge in [-0.3, -0.25) is 4.79 Å². The normalized spacial score (nSPS) is 10.4. The molecule has 0 spiro atoms. The fraction of sp³-hybridized carbons (Fsp3) is 0.667. The van der Waals surface area contributed by atoms with Crippen LogP contribution in [-0.4, -0.2) is 40.1 Å². The Bertz CT molecular complexity index is 438. The number of anilines is 2. The monoisotopic (exact) mass is 282 g/mol. The van der Waals surface area contributed by atoms with Crippen LogP contribution in [0.4, 0.5) is 11.9 Å². The second-order valence-corrected chi connectivity index (χ2v) is 4.49. The lowest BCUT2D eigenvalue weighted by Crippen LogP contribution is -2.26. The maximum Gasteiger partial charge on any atom is 0.323 e. The van der Waals surface area contributed by atoms with E-state index < -0.39 is 0 Å². The molecule has 112 valence electrons. The Morgan fingerprint density at radius 1 is 1.30 bits per heavy atom. The highest BCUT2D eigenvalue weighted by Gasteiger charge is 2.07. The van der Waals surface area contributed by atoms with Gasteiger partial charge in [0.25, 0.3) is 0 Å². The quantitative estimate of drug-likeness (QED) is 0.638. The average molecular weight is 282 g/mol. The Balaban J connectivity index is 2.47. The number of nitrogens with one attached hydrogen (secondary N) is 2. The summed E-state index contributed by atoms with van der Waals surface area (Å²) in [5.41, 5.74) is 5.57. The van der Waals surface area contributed by atoms with Gasteiger partial charge in [0.2, 0.25) is 17.8 Å². The molecule has 0 atom stereocenters. The van der Waals surface area contributed by atoms with Crippen LogP contribution >= 0.6 is 0 Å². The van der Waals surface area contributed by atoms with Gasteiger partial charge in [0.05, 0.1) is 6.10 Å². The molecular formula is C12H22N6O2. The summed E-state index contributed by atoms with van der Waals surface area (Å²) in [6.45, 7) is 6.84. The van der Waals surface area contributed by atoms with Crippen molar-refractivity contribution in [3.05, 3.63) is 0 Å². The molecule has 1 rings (SSSR count). The van der Waals surface area contributed by atoms with Crippen molar-refractivity contribution in [1.82, 2.24) is 20.3 Å². The van der Waals surface area contributed by atoms with Crippen molar-refractivity contribution in [2.45, 2.75) is 39.7 Å². The Labute approximate surface area is 118 Å². The topological polar surface area (TPSA) is 115 Å². The molecule has 1 aromatic heterocycles. The molecule has 0 saturated heterocycles. The molecule has 1 aromatic rings. The molecule has 4 N–H and O–H groups in total. The first-order valence-electron chi connectivity index (χ1n) is 6.70. The number of nitrogens with zero attached hydrogens (tertiary/aromatic N) is 3. The van der Waals surface area contributed by atoms with Crippen LogP contribution in [0.5, 0.6) is 6.01 Å². The van der Waals surface area contributed by atoms with E-state index in [2.05, 4.69) is 25.6 Å². The van der Waals surface area contributed by atoms with Crippen LogP contribution in [-0.2, 0) is 4.79 Å². The predicted octanol–water partition coefficient (Wildman–Crippen LogP) is 0.569. The molecule has 1 amide bonds. The van der Waals surface area contributed by atoms with Crippen LogP contribution < -0.4 is 21.1 Å². The van der Waals surface area contributed by atoms with Crippen molar-refractivity contribution in [2.75, 3.05) is 24.1 Å². The lowest BCUT2D eigenvalue weighted by Gasteiger charge is -2.10. The van der Waals surface area contributed by atoms with Gasteiger partial charge < -0.3 is 21.1 Å². The van der Waals surface area contributed by atoms with Crippen LogP contribution in [0.25, 0.3) is 0 Å². The number of aromatic nitrogens is 3. The first-order chi connectivity index (χ1) is 9.51. The number of nitrogen functional groups attached to an aromatic ring is 1. The summed E-state index contributed by atoms with van der Waals surface area (Å²) in [5, 5.41) is 5.71. The van der Waals surface area contributed by atoms with Gasteiger partial charge >= 0.3 is 6.01 Å². The molecule has 0 aromatic carbocycles. The SMILES string of the molecule is CCCNC(=O)CCNc1nc(N)nc(OC(C)C)n1. The van der Waals surface area contributed by atoms with Gasteiger partial charge in [0.1, 0.15) is 0 Å². The largest absolute Gasteiger partial charge is 0.461 e. The standard InChI is InChI=1S/C12H22N6O2/c1-4-6-14-9(19)5-7-15-11-16-10(13)17-12(18-11)20-8(2)3/h8H,4-7H2,1-3H3,(H,14,19)(H3,13,15,16,17,18). The third-order valence-corrected chi connectivity index (χ3v) is 2.18. The van der Waals surface area contributed by atoms with Crippen molar-refractivity contribution in [1.29, 1.82) is 0 Å². The highest BCUT2D eigenvalue weighted by atomic mass is 16.5. The smallest absolute Gasteiger partial charge is 0.323 e. The fourth-order valence-corrected chi connectivity index (χ4v) is 1.36. The first-order valence-corrected chi connectivity index (χ1v) is 6.70. The summed E-state index contributed by atoms with van der Waals surface area (Å²) in [6, 6.07) is 0.172. The number of carbonyl (C=O) groups is 1. The molecule has 0 radical (unpaired) electrons. The fourth-order valence-electron chi connectivity index (χ4n) is 1.36. The summed E-state index contributed by atoms with van der Waals surface area (Å²) in [7, 11) is 0. The number of hydrogen-bond donors (Lipinski definition) is 3. The van der Waals surface area contributed by atoms with Gasteiger partial charge in [-0.2, -0.15) is 15.0 Å². The van der Waals surface area contributed by atoms with E-state index in [9.17, 15) is 4.79 Å². The molecule has 0 saturated carbocycles. The minimum absolute atomic E-state index is 0.0139. The number of hydrogen-bond acceptors (Lipinski definition) is 7. The second-order valence-electron chi connectivity index (χ2n) is 4.49. The average Bonchev–Trinajstić information content (AvgIpc) is 2.34. The van der Waals surface area contributed by atoms with E-state index in [-0.39, 0.29) is 24.0 Å². The Morgan fingerprint density at radius 3 is 2.70 bits per heavy atom. The number of amides is 1. The van der Waals surface area contributed by atoms with Crippen molar-refractivity contribution in [3.8, 4) is 6.01 Å². The predicted molar refractivity (Wildman–Crippen MR) is 76.4 cm³/mol. The number of ether oxygens (including phenoxy) is 1. The Morgan fingerprint density at radius 2 is 2.05 bits per heavy atom. The van der Waals surface area contributed by atoms with Crippen LogP contribution in [0.2, 0.25) is 0 Å². The summed E-state index contributed by atoms with van der Waals surface area (Å²) < 4.78 is 5.35. The zero-order chi connectivity index (χ0) is 15.0. The highest BCUT2D eigenvalue weighted by molar-refractivity contribution is 5.76. The maximum atomic E-state index is 11.4. The van der Waals surface area contributed by atoms with E-state index in [4.69, 9.17) is 10.5 Å². The molecule has 0 fully saturated rings. The molecule has 0 aliphatic heterocycles. The molecule has 0 aliphatic carbocycles. The van der Waals surface area contributed by atoms with Gasteiger partial charge in [-0.15, -0.1) is 0 Å². The minimum Gasteiger partial charge on any atom is -0.461 e. The molecule has 8 heteroatoms. The second kappa shape index (κ2) is 8.13. The molecule has 1 heterocycles. The van der Waals surface area contributed by atoms with Gasteiger partial charge in [0.15, 0.2) is 0 Å². The van der Waals surface area contributed by atoms with Crippen LogP contribution in [0, 0.1) is 0 Å². The van der Waals surface area contributed by atoms with Gasteiger partial charge in [-0.1, -0.05) is 6.92 Å². The van der Waals surface area contributed by atoms with Gasteiger partial charge in [-0.25, -0.2) is 0 Å². The zero-order valence-electron chi connectivity index (χ0n) is 12.1. The van der Waals surface area contributed by atoms with Crippen molar-refractivity contribution in [3.63, 3.8) is 0 Å². The van der Waals surface area contributed by atoms with Crippen molar-refractivity contribution in [2.24, 2.45) is 0 Å². The van der Waals surface area contributed by atoms with E-state index >= 15 is 0 Å². The van der Waals surface area contributed by atoms with E-state index in [0.717, 1.165) is 6.42 Å². The summed E-state index contributed by atoms with van der Waals surface area (Å²) >= 11 is 0. The minimum atomic E-state index is -0.0514. The zero-order valence-corrected chi connectivity index (χ0v) is 12.1. The van der Waals surface area contributed by atoms with E-state index in [1.807, 2.05) is 20.8 Å². The lowest BCUT2D eigenvalue weighted by atomic mass is 10.4. The number of rotatable bonds is 8. The van der Waals surface area contributed by atoms with Gasteiger partial charge in [-0.05, 0) is 20.3 Å². The number of nitrogens with two attached hydrogens (primary N) is 1. The van der Waals surface area contributed by atoms with Gasteiger partial charge in [0, 0.05) is 19.5 Å². The third-order valence-electron chi connectivity index (χ3n) is 2.18. The van der Waals surface area contributed by atoms with Crippen LogP contribution in [0.3, 0.4) is 0 Å². The molecule has 0 bridgehead atoms. The summed E-state index contributed by atoms with van der Waals surface area (Å²) in [5.74, 6) is 0.366. The Kier molecular flexibility index (Phi) is 6.48. The van der Waals surface area contributed by atoms with Crippen molar-refractivity contribution < 1.29 is 9.53 Å². The highest BCUT2D eigenvalue weighted by Crippen LogP contribution is 2.10. The molecule has 8 nitrogen and oxygen atoms in total. The third kappa shape index (κ3) is 6.17. The molecule has 0 aliphatic rings. The van der Waals surface area contributed by atoms with E-state index in [1.165, 1.54) is 0 Å². The van der Waals surface area contributed by atoms with E-state index in [0.29, 0.717) is 25.5 Å². The van der Waals surface area contributed by atoms with E-state index in [1.54, 1.807) is 0 Å². The number of carbonyl (C=O) groups excluding carboxylic acids is 1.